The number of nitrogens with one attached hydrogen (secondary N) is 1. The van der Waals surface area contributed by atoms with Gasteiger partial charge in [0.2, 0.25) is 11.8 Å². The number of carbonyl (C=O) groups excluding carboxylic acids is 2. The highest BCUT2D eigenvalue weighted by molar-refractivity contribution is 5.97. The molecule has 21 heavy (non-hydrogen) atoms. The molecule has 1 aliphatic rings. The summed E-state index contributed by atoms with van der Waals surface area (Å²) in [6, 6.07) is 0.811. The molecule has 1 aliphatic heterocycles. The lowest BCUT2D eigenvalue weighted by Gasteiger charge is -2.40. The normalized spacial score (nSPS) is 23.0. The lowest BCUT2D eigenvalue weighted by Crippen LogP contribution is -2.64. The van der Waals surface area contributed by atoms with E-state index in [-0.39, 0.29) is 17.7 Å². The van der Waals surface area contributed by atoms with Crippen LogP contribution in [-0.2, 0) is 16.1 Å². The van der Waals surface area contributed by atoms with E-state index in [0.717, 1.165) is 0 Å². The summed E-state index contributed by atoms with van der Waals surface area (Å²) in [6.45, 7) is 8.26. The van der Waals surface area contributed by atoms with Crippen LogP contribution in [0.25, 0.3) is 0 Å². The van der Waals surface area contributed by atoms with Gasteiger partial charge in [-0.2, -0.15) is 0 Å². The number of hydrogen-bond donors (Lipinski definition) is 1. The van der Waals surface area contributed by atoms with Gasteiger partial charge in [0.1, 0.15) is 24.0 Å². The Bertz CT molecular complexity index is 496. The standard InChI is InChI=1S/C15H23N3O3/c1-9(2)7-12-15(20)18(8-11-5-6-21-17-11)13(10(3)4)14(19)16-12/h5-6,9-10,12-13H,7-8H2,1-4H3,(H,16,19). The fourth-order valence-electron chi connectivity index (χ4n) is 2.76. The van der Waals surface area contributed by atoms with Gasteiger partial charge in [0.25, 0.3) is 0 Å². The largest absolute Gasteiger partial charge is 0.364 e. The van der Waals surface area contributed by atoms with Crippen LogP contribution in [0.4, 0.5) is 0 Å². The molecule has 116 valence electrons. The first-order chi connectivity index (χ1) is 9.90. The minimum atomic E-state index is -0.461. The van der Waals surface area contributed by atoms with Crippen molar-refractivity contribution in [3.63, 3.8) is 0 Å². The quantitative estimate of drug-likeness (QED) is 0.894. The number of amides is 2. The molecular formula is C15H23N3O3. The minimum Gasteiger partial charge on any atom is -0.364 e. The molecule has 0 aliphatic carbocycles. The van der Waals surface area contributed by atoms with Crippen molar-refractivity contribution in [2.45, 2.75) is 52.7 Å². The lowest BCUT2D eigenvalue weighted by molar-refractivity contribution is -0.152. The van der Waals surface area contributed by atoms with E-state index in [1.54, 1.807) is 11.0 Å². The summed E-state index contributed by atoms with van der Waals surface area (Å²) in [5.74, 6) is 0.258. The average Bonchev–Trinajstić information content (AvgIpc) is 2.87. The van der Waals surface area contributed by atoms with Crippen LogP contribution in [0.3, 0.4) is 0 Å². The van der Waals surface area contributed by atoms with Gasteiger partial charge in [-0.25, -0.2) is 0 Å². The molecule has 2 atom stereocenters. The van der Waals surface area contributed by atoms with Crippen molar-refractivity contribution in [1.82, 2.24) is 15.4 Å². The number of hydrogen-bond acceptors (Lipinski definition) is 4. The number of piperazine rings is 1. The van der Waals surface area contributed by atoms with Gasteiger partial charge in [0.05, 0.1) is 6.54 Å². The molecule has 2 heterocycles. The monoisotopic (exact) mass is 293 g/mol. The van der Waals surface area contributed by atoms with E-state index in [2.05, 4.69) is 10.5 Å². The van der Waals surface area contributed by atoms with Crippen LogP contribution in [0.5, 0.6) is 0 Å². The summed E-state index contributed by atoms with van der Waals surface area (Å²) in [5, 5.41) is 6.71. The molecule has 6 heteroatoms. The molecule has 2 unspecified atom stereocenters. The Balaban J connectivity index is 2.23. The maximum atomic E-state index is 12.7. The minimum absolute atomic E-state index is 0.0370. The SMILES string of the molecule is CC(C)CC1NC(=O)C(C(C)C)N(Cc2ccon2)C1=O. The highest BCUT2D eigenvalue weighted by Crippen LogP contribution is 2.22. The van der Waals surface area contributed by atoms with E-state index in [1.165, 1.54) is 6.26 Å². The third-order valence-corrected chi connectivity index (χ3v) is 3.66. The van der Waals surface area contributed by atoms with Crippen LogP contribution < -0.4 is 5.32 Å². The molecule has 0 spiro atoms. The zero-order valence-corrected chi connectivity index (χ0v) is 13.0. The van der Waals surface area contributed by atoms with Crippen molar-refractivity contribution in [2.75, 3.05) is 0 Å². The molecule has 2 amide bonds. The van der Waals surface area contributed by atoms with E-state index in [1.807, 2.05) is 27.7 Å². The summed E-state index contributed by atoms with van der Waals surface area (Å²) in [7, 11) is 0. The van der Waals surface area contributed by atoms with Crippen LogP contribution in [0.1, 0.15) is 39.8 Å². The van der Waals surface area contributed by atoms with E-state index in [0.29, 0.717) is 24.6 Å². The highest BCUT2D eigenvalue weighted by atomic mass is 16.5. The predicted octanol–water partition coefficient (Wildman–Crippen LogP) is 1.57. The Hall–Kier alpha value is -1.85. The molecule has 0 aromatic carbocycles. The molecule has 1 fully saturated rings. The van der Waals surface area contributed by atoms with Crippen molar-refractivity contribution in [1.29, 1.82) is 0 Å². The van der Waals surface area contributed by atoms with Crippen LogP contribution in [0, 0.1) is 11.8 Å². The van der Waals surface area contributed by atoms with Gasteiger partial charge in [-0.05, 0) is 18.3 Å². The van der Waals surface area contributed by atoms with Gasteiger partial charge in [-0.15, -0.1) is 0 Å². The van der Waals surface area contributed by atoms with Gasteiger partial charge in [0.15, 0.2) is 0 Å². The van der Waals surface area contributed by atoms with Gasteiger partial charge >= 0.3 is 0 Å². The Labute approximate surface area is 124 Å². The molecule has 1 aromatic heterocycles. The second kappa shape index (κ2) is 6.28. The Morgan fingerprint density at radius 1 is 1.33 bits per heavy atom. The molecular weight excluding hydrogens is 270 g/mol. The zero-order valence-electron chi connectivity index (χ0n) is 13.0. The molecule has 1 aromatic rings. The van der Waals surface area contributed by atoms with Gasteiger partial charge in [-0.3, -0.25) is 9.59 Å². The first-order valence-corrected chi connectivity index (χ1v) is 7.40. The van der Waals surface area contributed by atoms with Crippen LogP contribution in [-0.4, -0.2) is 34.0 Å². The van der Waals surface area contributed by atoms with Crippen LogP contribution in [0.2, 0.25) is 0 Å². The van der Waals surface area contributed by atoms with Gasteiger partial charge in [0, 0.05) is 6.07 Å². The smallest absolute Gasteiger partial charge is 0.246 e. The number of nitrogens with zero attached hydrogens (tertiary/aromatic N) is 2. The number of rotatable bonds is 5. The summed E-state index contributed by atoms with van der Waals surface area (Å²) in [5.41, 5.74) is 0.659. The fourth-order valence-corrected chi connectivity index (χ4v) is 2.76. The molecule has 0 bridgehead atoms. The molecule has 1 N–H and O–H groups in total. The third kappa shape index (κ3) is 3.43. The van der Waals surface area contributed by atoms with Crippen molar-refractivity contribution in [3.05, 3.63) is 18.0 Å². The van der Waals surface area contributed by atoms with Crippen molar-refractivity contribution >= 4 is 11.8 Å². The zero-order chi connectivity index (χ0) is 15.6. The first kappa shape index (κ1) is 15.5. The fraction of sp³-hybridized carbons (Fsp3) is 0.667. The molecule has 0 saturated carbocycles. The van der Waals surface area contributed by atoms with Gasteiger partial charge in [-0.1, -0.05) is 32.9 Å². The number of aromatic nitrogens is 1. The maximum absolute atomic E-state index is 12.7. The molecule has 2 rings (SSSR count). The Morgan fingerprint density at radius 3 is 2.57 bits per heavy atom. The van der Waals surface area contributed by atoms with E-state index in [9.17, 15) is 9.59 Å². The second-order valence-corrected chi connectivity index (χ2v) is 6.34. The summed E-state index contributed by atoms with van der Waals surface area (Å²) >= 11 is 0. The number of carbonyl (C=O) groups is 2. The van der Waals surface area contributed by atoms with Crippen LogP contribution >= 0.6 is 0 Å². The van der Waals surface area contributed by atoms with E-state index < -0.39 is 12.1 Å². The predicted molar refractivity (Wildman–Crippen MR) is 77.1 cm³/mol. The summed E-state index contributed by atoms with van der Waals surface area (Å²) in [4.78, 5) is 26.7. The second-order valence-electron chi connectivity index (χ2n) is 6.34. The van der Waals surface area contributed by atoms with E-state index >= 15 is 0 Å². The molecule has 1 saturated heterocycles. The topological polar surface area (TPSA) is 75.4 Å². The van der Waals surface area contributed by atoms with Crippen molar-refractivity contribution < 1.29 is 14.1 Å². The first-order valence-electron chi connectivity index (χ1n) is 7.40. The molecule has 0 radical (unpaired) electrons. The molecule has 6 nitrogen and oxygen atoms in total. The Kier molecular flexibility index (Phi) is 4.65. The van der Waals surface area contributed by atoms with Crippen molar-refractivity contribution in [3.8, 4) is 0 Å². The maximum Gasteiger partial charge on any atom is 0.246 e. The lowest BCUT2D eigenvalue weighted by atomic mass is 9.93. The average molecular weight is 293 g/mol. The third-order valence-electron chi connectivity index (χ3n) is 3.66. The highest BCUT2D eigenvalue weighted by Gasteiger charge is 2.42. The summed E-state index contributed by atoms with van der Waals surface area (Å²) in [6.07, 6.45) is 2.12. The van der Waals surface area contributed by atoms with E-state index in [4.69, 9.17) is 4.52 Å². The van der Waals surface area contributed by atoms with Gasteiger partial charge < -0.3 is 14.7 Å². The Morgan fingerprint density at radius 2 is 2.05 bits per heavy atom. The van der Waals surface area contributed by atoms with Crippen molar-refractivity contribution in [2.24, 2.45) is 11.8 Å². The van der Waals surface area contributed by atoms with Crippen LogP contribution in [0.15, 0.2) is 16.9 Å². The summed E-state index contributed by atoms with van der Waals surface area (Å²) < 4.78 is 4.82.